The SMILES string of the molecule is [Cl][Zr].[O]O. The van der Waals surface area contributed by atoms with Crippen molar-refractivity contribution >= 4 is 8.51 Å². The third kappa shape index (κ3) is 11.3. The van der Waals surface area contributed by atoms with Gasteiger partial charge >= 0.3 is 32.0 Å². The second kappa shape index (κ2) is 32.8. The minimum atomic E-state index is 1.02. The Morgan fingerprint density at radius 3 is 1.50 bits per heavy atom. The molecule has 4 heteroatoms. The Morgan fingerprint density at radius 1 is 1.50 bits per heavy atom. The summed E-state index contributed by atoms with van der Waals surface area (Å²) in [5.74, 6) is 0. The van der Waals surface area contributed by atoms with Crippen molar-refractivity contribution in [2.75, 3.05) is 0 Å². The van der Waals surface area contributed by atoms with Gasteiger partial charge in [-0.05, 0) is 5.26 Å². The molecule has 0 amide bonds. The minimum Gasteiger partial charge on any atom is -0.219 e. The molecular formula is HClO2Zr. The Morgan fingerprint density at radius 2 is 1.50 bits per heavy atom. The monoisotopic (exact) mass is 158 g/mol. The van der Waals surface area contributed by atoms with Gasteiger partial charge in [0.1, 0.15) is 0 Å². The second-order valence-electron chi connectivity index (χ2n) is 0. The number of hydrogen-bond acceptors (Lipinski definition) is 1. The van der Waals surface area contributed by atoms with Crippen LogP contribution in [-0.4, -0.2) is 5.26 Å². The first kappa shape index (κ1) is 8.92. The topological polar surface area (TPSA) is 40.1 Å². The van der Waals surface area contributed by atoms with Gasteiger partial charge in [-0.2, -0.15) is 0 Å². The molecule has 0 aliphatic heterocycles. The Balaban J connectivity index is 0. The van der Waals surface area contributed by atoms with Crippen LogP contribution in [0.1, 0.15) is 0 Å². The van der Waals surface area contributed by atoms with Crippen LogP contribution in [0.15, 0.2) is 0 Å². The fraction of sp³-hybridized carbons (Fsp3) is 0. The average Bonchev–Trinajstić information content (AvgIpc) is 1.50. The molecule has 0 saturated carbocycles. The molecular weight excluding hydrogens is 159 g/mol. The predicted octanol–water partition coefficient (Wildman–Crippen LogP) is 0.577. The zero-order chi connectivity index (χ0) is 4.00. The quantitative estimate of drug-likeness (QED) is 0.408. The molecule has 0 bridgehead atoms. The summed E-state index contributed by atoms with van der Waals surface area (Å²) >= 11 is 1.02. The van der Waals surface area contributed by atoms with Crippen LogP contribution in [0.2, 0.25) is 0 Å². The Kier molecular flexibility index (Phi) is 73.1. The summed E-state index contributed by atoms with van der Waals surface area (Å²) in [5.41, 5.74) is 0. The minimum absolute atomic E-state index is 1.02. The normalized spacial score (nSPS) is 2.50. The number of rotatable bonds is 0. The summed E-state index contributed by atoms with van der Waals surface area (Å²) in [6.45, 7) is 0. The van der Waals surface area contributed by atoms with Gasteiger partial charge in [-0.3, -0.25) is 0 Å². The molecule has 0 atom stereocenters. The smallest absolute Gasteiger partial charge is 0.0395 e. The molecule has 0 saturated heterocycles. The summed E-state index contributed by atoms with van der Waals surface area (Å²) in [6, 6.07) is 0. The first-order valence-electron chi connectivity index (χ1n) is 0.372. The molecule has 0 rings (SSSR count). The van der Waals surface area contributed by atoms with Crippen molar-refractivity contribution in [2.45, 2.75) is 0 Å². The second-order valence-corrected chi connectivity index (χ2v) is 0. The standard InChI is InChI=1S/ClH.HO2.Zr/c;1-2;/h1H;1H;/q;;+1/p-1. The van der Waals surface area contributed by atoms with E-state index in [9.17, 15) is 0 Å². The van der Waals surface area contributed by atoms with E-state index in [1.165, 1.54) is 0 Å². The molecule has 0 aromatic carbocycles. The van der Waals surface area contributed by atoms with E-state index >= 15 is 0 Å². The molecule has 1 N–H and O–H groups in total. The van der Waals surface area contributed by atoms with Crippen LogP contribution in [0.25, 0.3) is 0 Å². The maximum absolute atomic E-state index is 7.25. The van der Waals surface area contributed by atoms with Gasteiger partial charge in [0, 0.05) is 0 Å². The summed E-state index contributed by atoms with van der Waals surface area (Å²) < 4.78 is 0. The van der Waals surface area contributed by atoms with Crippen LogP contribution in [-0.2, 0) is 28.8 Å². The molecule has 0 aromatic rings. The van der Waals surface area contributed by atoms with Crippen LogP contribution in [0.4, 0.5) is 0 Å². The van der Waals surface area contributed by atoms with E-state index in [4.69, 9.17) is 19.0 Å². The molecule has 0 spiro atoms. The van der Waals surface area contributed by atoms with Crippen LogP contribution in [0.3, 0.4) is 0 Å². The van der Waals surface area contributed by atoms with Crippen LogP contribution in [0, 0.1) is 0 Å². The van der Waals surface area contributed by atoms with E-state index in [1.807, 2.05) is 0 Å². The maximum Gasteiger partial charge on any atom is -0.0395 e. The van der Waals surface area contributed by atoms with E-state index in [0.29, 0.717) is 0 Å². The van der Waals surface area contributed by atoms with Crippen LogP contribution in [0.5, 0.6) is 0 Å². The zero-order valence-electron chi connectivity index (χ0n) is 1.73. The Labute approximate surface area is 42.7 Å². The fourth-order valence-electron chi connectivity index (χ4n) is 0. The largest absolute Gasteiger partial charge is 0.219 e. The van der Waals surface area contributed by atoms with E-state index in [0.717, 1.165) is 23.5 Å². The van der Waals surface area contributed by atoms with Crippen molar-refractivity contribution in [1.29, 1.82) is 0 Å². The maximum atomic E-state index is 7.25. The van der Waals surface area contributed by atoms with Gasteiger partial charge < -0.3 is 0 Å². The average molecular weight is 160 g/mol. The Bertz CT molecular complexity index is 6.00. The van der Waals surface area contributed by atoms with E-state index in [1.54, 1.807) is 0 Å². The Hall–Kier alpha value is 1.09. The van der Waals surface area contributed by atoms with E-state index in [-0.39, 0.29) is 0 Å². The fourth-order valence-corrected chi connectivity index (χ4v) is 0. The molecule has 2 nitrogen and oxygen atoms in total. The molecule has 0 heterocycles. The molecule has 0 fully saturated rings. The number of hydrogen-bond donors (Lipinski definition) is 1. The first-order valence-corrected chi connectivity index (χ1v) is 3.54. The summed E-state index contributed by atoms with van der Waals surface area (Å²) in [6.07, 6.45) is 0. The third-order valence-corrected chi connectivity index (χ3v) is 0. The first-order chi connectivity index (χ1) is 2.00. The van der Waals surface area contributed by atoms with Crippen molar-refractivity contribution in [2.24, 2.45) is 0 Å². The predicted molar refractivity (Wildman–Crippen MR) is 9.17 cm³/mol. The molecule has 24 valence electrons. The van der Waals surface area contributed by atoms with E-state index in [2.05, 4.69) is 0 Å². The molecule has 0 aliphatic rings. The molecule has 1 radical (unpaired) electrons. The van der Waals surface area contributed by atoms with Gasteiger partial charge in [-0.15, -0.1) is 0 Å². The van der Waals surface area contributed by atoms with Gasteiger partial charge in [0.15, 0.2) is 0 Å². The van der Waals surface area contributed by atoms with Crippen LogP contribution >= 0.6 is 8.51 Å². The summed E-state index contributed by atoms with van der Waals surface area (Å²) in [7, 11) is 4.73. The zero-order valence-corrected chi connectivity index (χ0v) is 4.95. The van der Waals surface area contributed by atoms with Gasteiger partial charge in [-0.25, -0.2) is 5.26 Å². The number of halogens is 1. The van der Waals surface area contributed by atoms with Crippen molar-refractivity contribution in [3.05, 3.63) is 0 Å². The third-order valence-electron chi connectivity index (χ3n) is 0. The van der Waals surface area contributed by atoms with Crippen molar-refractivity contribution in [3.63, 3.8) is 0 Å². The van der Waals surface area contributed by atoms with Gasteiger partial charge in [0.2, 0.25) is 0 Å². The van der Waals surface area contributed by atoms with Gasteiger partial charge in [0.25, 0.3) is 0 Å². The summed E-state index contributed by atoms with van der Waals surface area (Å²) in [4.78, 5) is 0. The van der Waals surface area contributed by atoms with Gasteiger partial charge in [0.05, 0.1) is 0 Å². The summed E-state index contributed by atoms with van der Waals surface area (Å²) in [5, 5.41) is 13.0. The van der Waals surface area contributed by atoms with Gasteiger partial charge in [-0.1, -0.05) is 0 Å². The molecule has 4 heavy (non-hydrogen) atoms. The van der Waals surface area contributed by atoms with Crippen LogP contribution < -0.4 is 0 Å². The van der Waals surface area contributed by atoms with Crippen molar-refractivity contribution < 1.29 is 34.0 Å². The molecule has 0 unspecified atom stereocenters. The van der Waals surface area contributed by atoms with Crippen molar-refractivity contribution in [3.8, 4) is 0 Å². The molecule has 0 aromatic heterocycles. The van der Waals surface area contributed by atoms with Crippen molar-refractivity contribution in [1.82, 2.24) is 0 Å². The van der Waals surface area contributed by atoms with E-state index < -0.39 is 0 Å². The molecule has 0 aliphatic carbocycles.